The number of aromatic hydroxyl groups is 1. The number of methoxy groups -OCH3 is 1. The molecule has 0 aliphatic carbocycles. The van der Waals surface area contributed by atoms with Crippen LogP contribution in [0.5, 0.6) is 11.5 Å². The van der Waals surface area contributed by atoms with Crippen molar-refractivity contribution in [1.82, 2.24) is 0 Å². The Morgan fingerprint density at radius 1 is 1.33 bits per heavy atom. The highest BCUT2D eigenvalue weighted by Gasteiger charge is 2.18. The molecule has 2 aromatic rings. The van der Waals surface area contributed by atoms with Crippen molar-refractivity contribution in [3.05, 3.63) is 69.3 Å². The van der Waals surface area contributed by atoms with Crippen LogP contribution < -0.4 is 4.74 Å². The second-order valence-electron chi connectivity index (χ2n) is 4.70. The Hall–Kier alpha value is -3.66. The maximum atomic E-state index is 12.5. The first-order valence-corrected chi connectivity index (χ1v) is 6.75. The van der Waals surface area contributed by atoms with Crippen molar-refractivity contribution in [3.8, 4) is 17.6 Å². The highest BCUT2D eigenvalue weighted by atomic mass is 16.6. The first-order chi connectivity index (χ1) is 11.5. The number of benzene rings is 2. The fourth-order valence-corrected chi connectivity index (χ4v) is 2.07. The molecule has 2 aromatic carbocycles. The van der Waals surface area contributed by atoms with E-state index in [1.807, 2.05) is 0 Å². The molecule has 7 nitrogen and oxygen atoms in total. The molecule has 1 N–H and O–H groups in total. The second kappa shape index (κ2) is 7.07. The number of Topliss-reactive ketones (excluding diaryl/α,β-unsaturated/α-hetero) is 1. The monoisotopic (exact) mass is 324 g/mol. The molecule has 120 valence electrons. The Bertz CT molecular complexity index is 881. The van der Waals surface area contributed by atoms with Gasteiger partial charge in [-0.1, -0.05) is 18.2 Å². The van der Waals surface area contributed by atoms with Crippen LogP contribution in [0.4, 0.5) is 5.69 Å². The zero-order valence-corrected chi connectivity index (χ0v) is 12.6. The molecule has 7 heteroatoms. The van der Waals surface area contributed by atoms with Crippen LogP contribution in [0.2, 0.25) is 0 Å². The number of carbonyl (C=O) groups excluding carboxylic acids is 1. The van der Waals surface area contributed by atoms with E-state index in [1.165, 1.54) is 25.3 Å². The summed E-state index contributed by atoms with van der Waals surface area (Å²) in [6, 6.07) is 11.8. The number of hydrogen-bond donors (Lipinski definition) is 1. The number of nitrogens with zero attached hydrogens (tertiary/aromatic N) is 2. The molecule has 0 saturated carbocycles. The van der Waals surface area contributed by atoms with Gasteiger partial charge in [-0.15, -0.1) is 0 Å². The Labute approximate surface area is 137 Å². The summed E-state index contributed by atoms with van der Waals surface area (Å²) in [5, 5.41) is 29.5. The Morgan fingerprint density at radius 3 is 2.67 bits per heavy atom. The molecule has 0 aromatic heterocycles. The van der Waals surface area contributed by atoms with Gasteiger partial charge >= 0.3 is 5.69 Å². The van der Waals surface area contributed by atoms with E-state index >= 15 is 0 Å². The number of phenolic OH excluding ortho intramolecular Hbond substituents is 1. The van der Waals surface area contributed by atoms with Gasteiger partial charge in [0.1, 0.15) is 17.4 Å². The molecule has 0 atom stereocenters. The number of nitro groups is 1. The lowest BCUT2D eigenvalue weighted by atomic mass is 10.0. The van der Waals surface area contributed by atoms with Crippen LogP contribution >= 0.6 is 0 Å². The average molecular weight is 324 g/mol. The third-order valence-electron chi connectivity index (χ3n) is 3.22. The Balaban J connectivity index is 2.47. The lowest BCUT2D eigenvalue weighted by molar-refractivity contribution is -0.385. The van der Waals surface area contributed by atoms with Crippen LogP contribution in [0.1, 0.15) is 15.9 Å². The molecule has 0 aliphatic heterocycles. The number of nitro benzene ring substituents is 1. The SMILES string of the molecule is COc1ccccc1C(=O)/C(C#N)=C/c1ccc(O)c([N+](=O)[O-])c1. The highest BCUT2D eigenvalue weighted by Crippen LogP contribution is 2.28. The number of ether oxygens (including phenoxy) is 1. The molecule has 0 spiro atoms. The maximum Gasteiger partial charge on any atom is 0.311 e. The lowest BCUT2D eigenvalue weighted by Crippen LogP contribution is -2.04. The molecular formula is C17H12N2O5. The fourth-order valence-electron chi connectivity index (χ4n) is 2.07. The molecule has 0 amide bonds. The van der Waals surface area contributed by atoms with Gasteiger partial charge in [0.15, 0.2) is 5.75 Å². The smallest absolute Gasteiger partial charge is 0.311 e. The molecular weight excluding hydrogens is 312 g/mol. The van der Waals surface area contributed by atoms with E-state index in [-0.39, 0.29) is 16.7 Å². The van der Waals surface area contributed by atoms with Crippen LogP contribution in [0.15, 0.2) is 48.0 Å². The van der Waals surface area contributed by atoms with Crippen LogP contribution in [-0.4, -0.2) is 22.9 Å². The van der Waals surface area contributed by atoms with E-state index in [2.05, 4.69) is 0 Å². The summed E-state index contributed by atoms with van der Waals surface area (Å²) in [5.74, 6) is -0.738. The van der Waals surface area contributed by atoms with Gasteiger partial charge in [0.25, 0.3) is 0 Å². The number of hydrogen-bond acceptors (Lipinski definition) is 6. The minimum atomic E-state index is -0.749. The highest BCUT2D eigenvalue weighted by molar-refractivity contribution is 6.15. The predicted molar refractivity (Wildman–Crippen MR) is 85.7 cm³/mol. The first kappa shape index (κ1) is 16.7. The quantitative estimate of drug-likeness (QED) is 0.297. The molecule has 0 unspecified atom stereocenters. The number of carbonyl (C=O) groups is 1. The third-order valence-corrected chi connectivity index (χ3v) is 3.22. The number of para-hydroxylation sites is 1. The topological polar surface area (TPSA) is 113 Å². The molecule has 0 radical (unpaired) electrons. The molecule has 0 bridgehead atoms. The van der Waals surface area contributed by atoms with Crippen LogP contribution in [0.3, 0.4) is 0 Å². The van der Waals surface area contributed by atoms with Crippen molar-refractivity contribution in [1.29, 1.82) is 5.26 Å². The molecule has 0 fully saturated rings. The molecule has 0 saturated heterocycles. The lowest BCUT2D eigenvalue weighted by Gasteiger charge is -2.06. The number of rotatable bonds is 5. The summed E-state index contributed by atoms with van der Waals surface area (Å²) < 4.78 is 5.10. The van der Waals surface area contributed by atoms with Gasteiger partial charge in [0, 0.05) is 6.07 Å². The summed E-state index contributed by atoms with van der Waals surface area (Å²) in [4.78, 5) is 22.6. The summed E-state index contributed by atoms with van der Waals surface area (Å²) in [6.07, 6.45) is 1.22. The van der Waals surface area contributed by atoms with E-state index in [9.17, 15) is 25.3 Å². The van der Waals surface area contributed by atoms with Crippen molar-refractivity contribution in [2.75, 3.05) is 7.11 Å². The Kier molecular flexibility index (Phi) is 4.92. The van der Waals surface area contributed by atoms with Crippen LogP contribution in [0, 0.1) is 21.4 Å². The van der Waals surface area contributed by atoms with Crippen molar-refractivity contribution in [3.63, 3.8) is 0 Å². The van der Waals surface area contributed by atoms with Crippen molar-refractivity contribution < 1.29 is 19.6 Å². The predicted octanol–water partition coefficient (Wildman–Crippen LogP) is 3.10. The summed E-state index contributed by atoms with van der Waals surface area (Å²) in [5.41, 5.74) is -0.259. The zero-order chi connectivity index (χ0) is 17.7. The van der Waals surface area contributed by atoms with E-state index in [4.69, 9.17) is 4.74 Å². The van der Waals surface area contributed by atoms with E-state index in [1.54, 1.807) is 24.3 Å². The Morgan fingerprint density at radius 2 is 2.04 bits per heavy atom. The number of ketones is 1. The molecule has 0 heterocycles. The number of phenols is 1. The van der Waals surface area contributed by atoms with Gasteiger partial charge in [-0.25, -0.2) is 0 Å². The molecule has 0 aliphatic rings. The minimum Gasteiger partial charge on any atom is -0.502 e. The van der Waals surface area contributed by atoms with Crippen LogP contribution in [0.25, 0.3) is 6.08 Å². The maximum absolute atomic E-state index is 12.5. The molecule has 2 rings (SSSR count). The van der Waals surface area contributed by atoms with Gasteiger partial charge in [0.05, 0.1) is 17.6 Å². The number of nitriles is 1. The van der Waals surface area contributed by atoms with Crippen molar-refractivity contribution in [2.24, 2.45) is 0 Å². The van der Waals surface area contributed by atoms with Gasteiger partial charge in [-0.05, 0) is 29.8 Å². The van der Waals surface area contributed by atoms with E-state index in [0.717, 1.165) is 12.1 Å². The van der Waals surface area contributed by atoms with Gasteiger partial charge in [0.2, 0.25) is 5.78 Å². The fraction of sp³-hybridized carbons (Fsp3) is 0.0588. The summed E-state index contributed by atoms with van der Waals surface area (Å²) in [6.45, 7) is 0. The second-order valence-corrected chi connectivity index (χ2v) is 4.70. The summed E-state index contributed by atoms with van der Waals surface area (Å²) >= 11 is 0. The van der Waals surface area contributed by atoms with Gasteiger partial charge in [-0.3, -0.25) is 14.9 Å². The third kappa shape index (κ3) is 3.39. The normalized spacial score (nSPS) is 10.8. The molecule has 24 heavy (non-hydrogen) atoms. The van der Waals surface area contributed by atoms with Crippen molar-refractivity contribution >= 4 is 17.5 Å². The first-order valence-electron chi connectivity index (χ1n) is 6.75. The number of allylic oxidation sites excluding steroid dienone is 1. The van der Waals surface area contributed by atoms with Crippen LogP contribution in [-0.2, 0) is 0 Å². The van der Waals surface area contributed by atoms with Crippen molar-refractivity contribution in [2.45, 2.75) is 0 Å². The van der Waals surface area contributed by atoms with E-state index in [0.29, 0.717) is 5.75 Å². The summed E-state index contributed by atoms with van der Waals surface area (Å²) in [7, 11) is 1.41. The zero-order valence-electron chi connectivity index (χ0n) is 12.6. The average Bonchev–Trinajstić information content (AvgIpc) is 2.60. The van der Waals surface area contributed by atoms with E-state index < -0.39 is 22.1 Å². The van der Waals surface area contributed by atoms with Gasteiger partial charge < -0.3 is 9.84 Å². The largest absolute Gasteiger partial charge is 0.502 e. The standard InChI is InChI=1S/C17H12N2O5/c1-24-16-5-3-2-4-13(16)17(21)12(10-18)8-11-6-7-15(20)14(9-11)19(22)23/h2-9,20H,1H3/b12-8+. The minimum absolute atomic E-state index is 0.209. The van der Waals surface area contributed by atoms with Gasteiger partial charge in [-0.2, -0.15) is 5.26 Å².